The number of nitrogens with zero attached hydrogens (tertiary/aromatic N) is 3. The van der Waals surface area contributed by atoms with Crippen molar-refractivity contribution in [2.45, 2.75) is 6.23 Å². The van der Waals surface area contributed by atoms with E-state index in [1.807, 2.05) is 0 Å². The molecule has 0 aliphatic carbocycles. The minimum absolute atomic E-state index is 0.217. The number of rotatable bonds is 1. The van der Waals surface area contributed by atoms with Crippen LogP contribution >= 0.6 is 15.9 Å². The van der Waals surface area contributed by atoms with Crippen LogP contribution in [0.1, 0.15) is 6.23 Å². The summed E-state index contributed by atoms with van der Waals surface area (Å²) in [6, 6.07) is 2.98. The number of hydrogen-bond donors (Lipinski definition) is 0. The van der Waals surface area contributed by atoms with E-state index in [0.29, 0.717) is 46.2 Å². The van der Waals surface area contributed by atoms with Gasteiger partial charge >= 0.3 is 5.69 Å². The van der Waals surface area contributed by atoms with Gasteiger partial charge in [-0.1, -0.05) is 0 Å². The summed E-state index contributed by atoms with van der Waals surface area (Å²) in [5, 5.41) is 0.683. The van der Waals surface area contributed by atoms with Crippen molar-refractivity contribution in [1.82, 2.24) is 14.1 Å². The first-order valence-electron chi connectivity index (χ1n) is 7.12. The lowest BCUT2D eigenvalue weighted by Crippen LogP contribution is -2.34. The number of benzene rings is 1. The molecule has 3 heterocycles. The van der Waals surface area contributed by atoms with Gasteiger partial charge in [0.2, 0.25) is 0 Å². The minimum atomic E-state index is -0.505. The molecule has 1 aliphatic heterocycles. The van der Waals surface area contributed by atoms with Crippen molar-refractivity contribution in [1.29, 1.82) is 0 Å². The molecule has 8 heteroatoms. The van der Waals surface area contributed by atoms with Crippen molar-refractivity contribution in [3.05, 3.63) is 39.1 Å². The van der Waals surface area contributed by atoms with Gasteiger partial charge in [-0.05, 0) is 22.0 Å². The molecule has 0 spiro atoms. The van der Waals surface area contributed by atoms with Crippen molar-refractivity contribution in [3.63, 3.8) is 0 Å². The first-order chi connectivity index (χ1) is 11.1. The van der Waals surface area contributed by atoms with Gasteiger partial charge < -0.3 is 9.47 Å². The second kappa shape index (κ2) is 5.40. The Hall–Kier alpha value is -1.77. The number of ether oxygens (including phenoxy) is 2. The van der Waals surface area contributed by atoms with E-state index in [4.69, 9.17) is 9.47 Å². The number of hydrogen-bond acceptors (Lipinski definition) is 4. The molecule has 4 rings (SSSR count). The molecule has 0 N–H and O–H groups in total. The molecule has 0 amide bonds. The van der Waals surface area contributed by atoms with Crippen molar-refractivity contribution in [2.75, 3.05) is 19.8 Å². The molecule has 0 bridgehead atoms. The summed E-state index contributed by atoms with van der Waals surface area (Å²) >= 11 is 3.20. The predicted molar refractivity (Wildman–Crippen MR) is 85.9 cm³/mol. The molecule has 120 valence electrons. The van der Waals surface area contributed by atoms with Crippen LogP contribution in [0.15, 0.2) is 27.6 Å². The maximum absolute atomic E-state index is 13.8. The number of imidazole rings is 1. The van der Waals surface area contributed by atoms with Crippen LogP contribution < -0.4 is 5.69 Å². The maximum atomic E-state index is 13.8. The topological polar surface area (TPSA) is 58.3 Å². The van der Waals surface area contributed by atoms with Crippen LogP contribution in [0.2, 0.25) is 0 Å². The predicted octanol–water partition coefficient (Wildman–Crippen LogP) is 2.34. The normalized spacial score (nSPS) is 18.8. The van der Waals surface area contributed by atoms with E-state index in [0.717, 1.165) is 0 Å². The quantitative estimate of drug-likeness (QED) is 0.649. The second-order valence-electron chi connectivity index (χ2n) is 5.39. The monoisotopic (exact) mass is 381 g/mol. The number of pyridine rings is 1. The molecule has 1 fully saturated rings. The SMILES string of the molecule is Cn1c(=O)n([C@@H]2COCCO2)c2c3cc(Br)c(F)cc3ncc21. The van der Waals surface area contributed by atoms with E-state index >= 15 is 0 Å². The van der Waals surface area contributed by atoms with Crippen LogP contribution in [-0.4, -0.2) is 33.9 Å². The molecule has 0 radical (unpaired) electrons. The summed E-state index contributed by atoms with van der Waals surface area (Å²) in [5.74, 6) is -0.397. The van der Waals surface area contributed by atoms with Crippen LogP contribution in [0.4, 0.5) is 4.39 Å². The van der Waals surface area contributed by atoms with E-state index in [2.05, 4.69) is 20.9 Å². The summed E-state index contributed by atoms with van der Waals surface area (Å²) in [4.78, 5) is 16.9. The Balaban J connectivity index is 2.11. The number of fused-ring (bicyclic) bond motifs is 3. The molecule has 0 saturated carbocycles. The van der Waals surface area contributed by atoms with Gasteiger partial charge in [0.25, 0.3) is 0 Å². The molecular formula is C15H13BrFN3O3. The number of aromatic nitrogens is 3. The zero-order valence-corrected chi connectivity index (χ0v) is 13.8. The Morgan fingerprint density at radius 3 is 2.96 bits per heavy atom. The number of halogens is 2. The standard InChI is InChI=1S/C15H13BrFN3O3/c1-19-12-6-18-11-5-10(17)9(16)4-8(11)14(12)20(15(19)21)13-7-22-2-3-23-13/h4-6,13H,2-3,7H2,1H3/t13-/m0/s1. The van der Waals surface area contributed by atoms with Gasteiger partial charge in [-0.15, -0.1) is 0 Å². The van der Waals surface area contributed by atoms with Gasteiger partial charge in [0.05, 0.1) is 47.0 Å². The molecule has 1 atom stereocenters. The first kappa shape index (κ1) is 14.8. The molecular weight excluding hydrogens is 369 g/mol. The Labute approximate surface area is 138 Å². The van der Waals surface area contributed by atoms with E-state index in [1.54, 1.807) is 23.9 Å². The average molecular weight is 382 g/mol. The summed E-state index contributed by atoms with van der Waals surface area (Å²) < 4.78 is 28.3. The van der Waals surface area contributed by atoms with Crippen LogP contribution in [0.25, 0.3) is 21.9 Å². The fraction of sp³-hybridized carbons (Fsp3) is 0.333. The van der Waals surface area contributed by atoms with Gasteiger partial charge in [-0.3, -0.25) is 14.1 Å². The van der Waals surface area contributed by atoms with Gasteiger partial charge in [-0.25, -0.2) is 9.18 Å². The summed E-state index contributed by atoms with van der Waals surface area (Å²) in [6.07, 6.45) is 1.07. The fourth-order valence-corrected chi connectivity index (χ4v) is 3.26. The first-order valence-corrected chi connectivity index (χ1v) is 7.91. The second-order valence-corrected chi connectivity index (χ2v) is 6.24. The smallest absolute Gasteiger partial charge is 0.331 e. The zero-order valence-electron chi connectivity index (χ0n) is 12.3. The van der Waals surface area contributed by atoms with Crippen LogP contribution in [0.3, 0.4) is 0 Å². The van der Waals surface area contributed by atoms with E-state index < -0.39 is 12.0 Å². The molecule has 23 heavy (non-hydrogen) atoms. The Kier molecular flexibility index (Phi) is 3.47. The van der Waals surface area contributed by atoms with E-state index in [1.165, 1.54) is 10.6 Å². The molecule has 0 unspecified atom stereocenters. The van der Waals surface area contributed by atoms with Crippen LogP contribution in [-0.2, 0) is 16.5 Å². The zero-order chi connectivity index (χ0) is 16.1. The Morgan fingerprint density at radius 2 is 2.22 bits per heavy atom. The third kappa shape index (κ3) is 2.20. The van der Waals surface area contributed by atoms with Crippen molar-refractivity contribution in [2.24, 2.45) is 7.05 Å². The lowest BCUT2D eigenvalue weighted by atomic mass is 10.2. The van der Waals surface area contributed by atoms with E-state index in [9.17, 15) is 9.18 Å². The van der Waals surface area contributed by atoms with Crippen molar-refractivity contribution >= 4 is 37.9 Å². The highest BCUT2D eigenvalue weighted by molar-refractivity contribution is 9.10. The van der Waals surface area contributed by atoms with Gasteiger partial charge in [0.15, 0.2) is 6.23 Å². The third-order valence-corrected chi connectivity index (χ3v) is 4.65. The van der Waals surface area contributed by atoms with Gasteiger partial charge in [0.1, 0.15) is 5.82 Å². The molecule has 1 aromatic carbocycles. The van der Waals surface area contributed by atoms with Crippen LogP contribution in [0.5, 0.6) is 0 Å². The highest BCUT2D eigenvalue weighted by atomic mass is 79.9. The maximum Gasteiger partial charge on any atom is 0.331 e. The van der Waals surface area contributed by atoms with Crippen molar-refractivity contribution < 1.29 is 13.9 Å². The minimum Gasteiger partial charge on any atom is -0.374 e. The Morgan fingerprint density at radius 1 is 1.39 bits per heavy atom. The Bertz CT molecular complexity index is 976. The summed E-state index contributed by atoms with van der Waals surface area (Å²) in [7, 11) is 1.68. The molecule has 2 aromatic heterocycles. The van der Waals surface area contributed by atoms with Crippen LogP contribution in [0, 0.1) is 5.82 Å². The highest BCUT2D eigenvalue weighted by Gasteiger charge is 2.24. The molecule has 1 saturated heterocycles. The fourth-order valence-electron chi connectivity index (χ4n) is 2.91. The molecule has 3 aromatic rings. The molecule has 1 aliphatic rings. The lowest BCUT2D eigenvalue weighted by molar-refractivity contribution is -0.122. The average Bonchev–Trinajstić information content (AvgIpc) is 2.81. The summed E-state index contributed by atoms with van der Waals surface area (Å²) in [5.41, 5.74) is 1.59. The third-order valence-electron chi connectivity index (χ3n) is 4.04. The summed E-state index contributed by atoms with van der Waals surface area (Å²) in [6.45, 7) is 1.23. The number of aryl methyl sites for hydroxylation is 1. The molecule has 6 nitrogen and oxygen atoms in total. The largest absolute Gasteiger partial charge is 0.374 e. The van der Waals surface area contributed by atoms with Crippen molar-refractivity contribution in [3.8, 4) is 0 Å². The highest BCUT2D eigenvalue weighted by Crippen LogP contribution is 2.29. The van der Waals surface area contributed by atoms with Gasteiger partial charge in [0, 0.05) is 18.5 Å². The van der Waals surface area contributed by atoms with Gasteiger partial charge in [-0.2, -0.15) is 0 Å². The van der Waals surface area contributed by atoms with E-state index in [-0.39, 0.29) is 5.69 Å². The lowest BCUT2D eigenvalue weighted by Gasteiger charge is -2.24.